The number of likely N-dealkylation sites (tertiary alicyclic amines) is 1. The maximum Gasteiger partial charge on any atom is 0.222 e. The summed E-state index contributed by atoms with van der Waals surface area (Å²) < 4.78 is 0. The summed E-state index contributed by atoms with van der Waals surface area (Å²) in [7, 11) is 0. The highest BCUT2D eigenvalue weighted by Gasteiger charge is 2.22. The van der Waals surface area contributed by atoms with E-state index >= 15 is 0 Å². The molecule has 1 atom stereocenters. The van der Waals surface area contributed by atoms with Gasteiger partial charge in [0.15, 0.2) is 0 Å². The van der Waals surface area contributed by atoms with Crippen molar-refractivity contribution >= 4 is 5.91 Å². The Kier molecular flexibility index (Phi) is 3.90. The first-order valence-electron chi connectivity index (χ1n) is 6.62. The fourth-order valence-electron chi connectivity index (χ4n) is 2.52. The van der Waals surface area contributed by atoms with Crippen LogP contribution in [0.1, 0.15) is 30.9 Å². The number of aromatic hydroxyl groups is 1. The number of carbonyl (C=O) groups is 1. The fraction of sp³-hybridized carbons (Fsp3) is 0.533. The zero-order valence-corrected chi connectivity index (χ0v) is 11.1. The minimum absolute atomic E-state index is 0.256. The number of carbonyl (C=O) groups excluding carboxylic acids is 1. The second-order valence-electron chi connectivity index (χ2n) is 5.34. The molecule has 0 spiro atoms. The zero-order chi connectivity index (χ0) is 13.1. The molecule has 1 saturated heterocycles. The highest BCUT2D eigenvalue weighted by molar-refractivity contribution is 5.76. The third-order valence-electron chi connectivity index (χ3n) is 3.71. The lowest BCUT2D eigenvalue weighted by atomic mass is 10.0. The van der Waals surface area contributed by atoms with Gasteiger partial charge in [-0.25, -0.2) is 0 Å². The first kappa shape index (κ1) is 12.9. The van der Waals surface area contributed by atoms with Gasteiger partial charge in [0, 0.05) is 19.5 Å². The molecule has 0 aliphatic carbocycles. The lowest BCUT2D eigenvalue weighted by Gasteiger charge is -2.16. The van der Waals surface area contributed by atoms with Gasteiger partial charge >= 0.3 is 0 Å². The molecular formula is C15H21NO2. The number of nitrogens with zero attached hydrogens (tertiary/aromatic N) is 1. The lowest BCUT2D eigenvalue weighted by molar-refractivity contribution is -0.130. The molecule has 1 fully saturated rings. The van der Waals surface area contributed by atoms with Crippen LogP contribution in [0, 0.1) is 12.8 Å². The summed E-state index contributed by atoms with van der Waals surface area (Å²) in [5.41, 5.74) is 2.20. The van der Waals surface area contributed by atoms with Crippen molar-refractivity contribution in [1.82, 2.24) is 4.90 Å². The number of aryl methyl sites for hydroxylation is 2. The fourth-order valence-corrected chi connectivity index (χ4v) is 2.52. The van der Waals surface area contributed by atoms with Gasteiger partial charge in [-0.05, 0) is 48.9 Å². The molecule has 1 aliphatic heterocycles. The van der Waals surface area contributed by atoms with Gasteiger partial charge in [0.1, 0.15) is 5.75 Å². The molecule has 0 aromatic heterocycles. The third-order valence-corrected chi connectivity index (χ3v) is 3.71. The lowest BCUT2D eigenvalue weighted by Crippen LogP contribution is -2.28. The van der Waals surface area contributed by atoms with Crippen molar-refractivity contribution in [3.8, 4) is 5.75 Å². The highest BCUT2D eigenvalue weighted by atomic mass is 16.3. The van der Waals surface area contributed by atoms with Crippen molar-refractivity contribution in [1.29, 1.82) is 0 Å². The average molecular weight is 247 g/mol. The van der Waals surface area contributed by atoms with Gasteiger partial charge in [-0.15, -0.1) is 0 Å². The smallest absolute Gasteiger partial charge is 0.222 e. The van der Waals surface area contributed by atoms with Crippen molar-refractivity contribution in [2.75, 3.05) is 13.1 Å². The summed E-state index contributed by atoms with van der Waals surface area (Å²) in [4.78, 5) is 14.0. The monoisotopic (exact) mass is 247 g/mol. The van der Waals surface area contributed by atoms with E-state index in [1.54, 1.807) is 12.1 Å². The summed E-state index contributed by atoms with van der Waals surface area (Å²) >= 11 is 0. The summed E-state index contributed by atoms with van der Waals surface area (Å²) in [6.45, 7) is 5.98. The molecule has 98 valence electrons. The maximum absolute atomic E-state index is 12.0. The minimum atomic E-state index is 0.256. The van der Waals surface area contributed by atoms with Crippen LogP contribution in [0.25, 0.3) is 0 Å². The molecule has 1 heterocycles. The van der Waals surface area contributed by atoms with Crippen LogP contribution in [-0.4, -0.2) is 29.0 Å². The Bertz CT molecular complexity index is 442. The molecule has 1 aliphatic rings. The van der Waals surface area contributed by atoms with E-state index in [1.165, 1.54) is 0 Å². The van der Waals surface area contributed by atoms with Gasteiger partial charge in [0.25, 0.3) is 0 Å². The number of phenols is 1. The minimum Gasteiger partial charge on any atom is -0.508 e. The largest absolute Gasteiger partial charge is 0.508 e. The van der Waals surface area contributed by atoms with E-state index in [0.29, 0.717) is 12.3 Å². The molecular weight excluding hydrogens is 226 g/mol. The number of hydrogen-bond acceptors (Lipinski definition) is 2. The van der Waals surface area contributed by atoms with Crippen LogP contribution < -0.4 is 0 Å². The van der Waals surface area contributed by atoms with E-state index in [0.717, 1.165) is 37.1 Å². The average Bonchev–Trinajstić information content (AvgIpc) is 2.74. The molecule has 2 rings (SSSR count). The first-order chi connectivity index (χ1) is 8.56. The van der Waals surface area contributed by atoms with E-state index in [4.69, 9.17) is 0 Å². The molecule has 1 N–H and O–H groups in total. The Hall–Kier alpha value is -1.51. The van der Waals surface area contributed by atoms with E-state index in [1.807, 2.05) is 17.9 Å². The van der Waals surface area contributed by atoms with E-state index in [9.17, 15) is 9.90 Å². The van der Waals surface area contributed by atoms with Crippen LogP contribution in [0.3, 0.4) is 0 Å². The Morgan fingerprint density at radius 3 is 2.89 bits per heavy atom. The predicted octanol–water partition coefficient (Wildman–Crippen LogP) is 2.50. The summed E-state index contributed by atoms with van der Waals surface area (Å²) in [5.74, 6) is 1.19. The number of phenolic OH excluding ortho intramolecular Hbond substituents is 1. The summed E-state index contributed by atoms with van der Waals surface area (Å²) in [6.07, 6.45) is 2.46. The van der Waals surface area contributed by atoms with Gasteiger partial charge in [-0.1, -0.05) is 13.0 Å². The van der Waals surface area contributed by atoms with Gasteiger partial charge in [0.2, 0.25) is 5.91 Å². The zero-order valence-electron chi connectivity index (χ0n) is 11.1. The molecule has 1 unspecified atom stereocenters. The molecule has 0 saturated carbocycles. The molecule has 0 radical (unpaired) electrons. The van der Waals surface area contributed by atoms with Gasteiger partial charge in [-0.3, -0.25) is 4.79 Å². The van der Waals surface area contributed by atoms with Crippen LogP contribution in [0.2, 0.25) is 0 Å². The van der Waals surface area contributed by atoms with E-state index in [2.05, 4.69) is 6.92 Å². The van der Waals surface area contributed by atoms with Gasteiger partial charge < -0.3 is 10.0 Å². The standard InChI is InChI=1S/C15H21NO2/c1-11-7-8-16(10-11)15(18)6-4-13-3-5-14(17)9-12(13)2/h3,5,9,11,17H,4,6-8,10H2,1-2H3. The van der Waals surface area contributed by atoms with Crippen LogP contribution in [0.5, 0.6) is 5.75 Å². The van der Waals surface area contributed by atoms with Crippen LogP contribution in [0.15, 0.2) is 18.2 Å². The number of benzene rings is 1. The molecule has 1 aromatic carbocycles. The van der Waals surface area contributed by atoms with Crippen LogP contribution >= 0.6 is 0 Å². The summed E-state index contributed by atoms with van der Waals surface area (Å²) in [5, 5.41) is 9.34. The van der Waals surface area contributed by atoms with Gasteiger partial charge in [-0.2, -0.15) is 0 Å². The topological polar surface area (TPSA) is 40.5 Å². The van der Waals surface area contributed by atoms with Crippen molar-refractivity contribution in [2.24, 2.45) is 5.92 Å². The molecule has 3 nitrogen and oxygen atoms in total. The second kappa shape index (κ2) is 5.42. The van der Waals surface area contributed by atoms with Crippen LogP contribution in [-0.2, 0) is 11.2 Å². The number of amides is 1. The first-order valence-corrected chi connectivity index (χ1v) is 6.62. The highest BCUT2D eigenvalue weighted by Crippen LogP contribution is 2.19. The third kappa shape index (κ3) is 3.03. The Morgan fingerprint density at radius 1 is 1.50 bits per heavy atom. The van der Waals surface area contributed by atoms with E-state index < -0.39 is 0 Å². The van der Waals surface area contributed by atoms with Crippen molar-refractivity contribution in [3.63, 3.8) is 0 Å². The molecule has 1 amide bonds. The molecule has 0 bridgehead atoms. The quantitative estimate of drug-likeness (QED) is 0.891. The predicted molar refractivity (Wildman–Crippen MR) is 71.5 cm³/mol. The Labute approximate surface area is 108 Å². The second-order valence-corrected chi connectivity index (χ2v) is 5.34. The molecule has 3 heteroatoms. The normalized spacial score (nSPS) is 19.2. The molecule has 1 aromatic rings. The van der Waals surface area contributed by atoms with Crippen molar-refractivity contribution in [2.45, 2.75) is 33.1 Å². The van der Waals surface area contributed by atoms with Crippen molar-refractivity contribution in [3.05, 3.63) is 29.3 Å². The summed E-state index contributed by atoms with van der Waals surface area (Å²) in [6, 6.07) is 5.34. The van der Waals surface area contributed by atoms with Crippen molar-refractivity contribution < 1.29 is 9.90 Å². The molecule has 18 heavy (non-hydrogen) atoms. The Balaban J connectivity index is 1.89. The number of hydrogen-bond donors (Lipinski definition) is 1. The SMILES string of the molecule is Cc1cc(O)ccc1CCC(=O)N1CCC(C)C1. The van der Waals surface area contributed by atoms with Crippen LogP contribution in [0.4, 0.5) is 0 Å². The number of rotatable bonds is 3. The van der Waals surface area contributed by atoms with E-state index in [-0.39, 0.29) is 11.7 Å². The van der Waals surface area contributed by atoms with Gasteiger partial charge in [0.05, 0.1) is 0 Å². The Morgan fingerprint density at radius 2 is 2.28 bits per heavy atom. The maximum atomic E-state index is 12.0.